The third kappa shape index (κ3) is 3.13. The molecule has 1 nitrogen and oxygen atoms in total. The lowest BCUT2D eigenvalue weighted by Gasteiger charge is -2.37. The van der Waals surface area contributed by atoms with Crippen LogP contribution in [0.25, 0.3) is 0 Å². The maximum absolute atomic E-state index is 2.47. The number of hydrogen-bond acceptors (Lipinski definition) is 0. The highest BCUT2D eigenvalue weighted by molar-refractivity contribution is 5.08. The Labute approximate surface area is 89.4 Å². The second kappa shape index (κ2) is 4.06. The normalized spacial score (nSPS) is 34.1. The van der Waals surface area contributed by atoms with Crippen molar-refractivity contribution in [3.8, 4) is 0 Å². The van der Waals surface area contributed by atoms with Crippen LogP contribution in [0.5, 0.6) is 0 Å². The van der Waals surface area contributed by atoms with E-state index in [1.54, 1.807) is 5.57 Å². The van der Waals surface area contributed by atoms with Gasteiger partial charge in [0.2, 0.25) is 0 Å². The Kier molecular flexibility index (Phi) is 3.41. The van der Waals surface area contributed by atoms with E-state index in [0.717, 1.165) is 22.2 Å². The molecule has 82 valence electrons. The summed E-state index contributed by atoms with van der Waals surface area (Å²) >= 11 is 0. The number of quaternary nitrogens is 1. The van der Waals surface area contributed by atoms with Crippen LogP contribution in [-0.2, 0) is 0 Å². The van der Waals surface area contributed by atoms with Crippen molar-refractivity contribution in [1.29, 1.82) is 0 Å². The van der Waals surface area contributed by atoms with Crippen molar-refractivity contribution < 1.29 is 4.48 Å². The smallest absolute Gasteiger partial charge is 0.0817 e. The molecule has 1 aliphatic rings. The quantitative estimate of drug-likeness (QED) is 0.470. The summed E-state index contributed by atoms with van der Waals surface area (Å²) in [6, 6.07) is 0. The lowest BCUT2D eigenvalue weighted by Crippen LogP contribution is -2.43. The third-order valence-electron chi connectivity index (χ3n) is 3.36. The zero-order valence-corrected chi connectivity index (χ0v) is 10.7. The van der Waals surface area contributed by atoms with Gasteiger partial charge in [-0.2, -0.15) is 0 Å². The Hall–Kier alpha value is -0.300. The van der Waals surface area contributed by atoms with Crippen LogP contribution in [0, 0.1) is 17.8 Å². The zero-order chi connectivity index (χ0) is 10.9. The fraction of sp³-hybridized carbons (Fsp3) is 0.846. The van der Waals surface area contributed by atoms with Gasteiger partial charge in [0.05, 0.1) is 27.7 Å². The van der Waals surface area contributed by atoms with Crippen molar-refractivity contribution in [3.05, 3.63) is 11.6 Å². The summed E-state index contributed by atoms with van der Waals surface area (Å²) in [5, 5.41) is 0. The standard InChI is InChI=1S/C13H26N/c1-10-7-11(2)13(12(3)8-10)9-14(4,5)6/h7,11-13H,8-9H2,1-6H3/q+1/t11-,12+,13-/m0/s1. The van der Waals surface area contributed by atoms with E-state index in [1.165, 1.54) is 13.0 Å². The maximum atomic E-state index is 2.47. The van der Waals surface area contributed by atoms with E-state index in [4.69, 9.17) is 0 Å². The number of nitrogens with zero attached hydrogens (tertiary/aromatic N) is 1. The van der Waals surface area contributed by atoms with E-state index in [0.29, 0.717) is 0 Å². The SMILES string of the molecule is CC1=C[C@H](C)[C@H](C[N+](C)(C)C)[C@H](C)C1. The van der Waals surface area contributed by atoms with Gasteiger partial charge in [-0.1, -0.05) is 25.5 Å². The van der Waals surface area contributed by atoms with Gasteiger partial charge in [0.15, 0.2) is 0 Å². The van der Waals surface area contributed by atoms with Crippen LogP contribution in [0.4, 0.5) is 0 Å². The molecule has 0 N–H and O–H groups in total. The summed E-state index contributed by atoms with van der Waals surface area (Å²) in [5.74, 6) is 2.47. The van der Waals surface area contributed by atoms with E-state index < -0.39 is 0 Å². The monoisotopic (exact) mass is 196 g/mol. The van der Waals surface area contributed by atoms with Crippen molar-refractivity contribution in [1.82, 2.24) is 0 Å². The largest absolute Gasteiger partial charge is 0.331 e. The van der Waals surface area contributed by atoms with Crippen molar-refractivity contribution in [2.45, 2.75) is 27.2 Å². The van der Waals surface area contributed by atoms with Crippen LogP contribution in [0.3, 0.4) is 0 Å². The van der Waals surface area contributed by atoms with Crippen LogP contribution in [0.15, 0.2) is 11.6 Å². The molecule has 1 rings (SSSR count). The van der Waals surface area contributed by atoms with Crippen LogP contribution in [0.1, 0.15) is 27.2 Å². The second-order valence-electron chi connectivity index (χ2n) is 6.19. The summed E-state index contributed by atoms with van der Waals surface area (Å²) in [6.07, 6.45) is 3.77. The van der Waals surface area contributed by atoms with E-state index in [1.807, 2.05) is 0 Å². The number of hydrogen-bond donors (Lipinski definition) is 0. The molecule has 0 spiro atoms. The molecule has 0 aliphatic heterocycles. The predicted octanol–water partition coefficient (Wildman–Crippen LogP) is 2.93. The molecule has 14 heavy (non-hydrogen) atoms. The van der Waals surface area contributed by atoms with Gasteiger partial charge in [-0.15, -0.1) is 0 Å². The molecule has 0 amide bonds. The summed E-state index contributed by atoms with van der Waals surface area (Å²) in [7, 11) is 6.89. The molecule has 0 heterocycles. The Morgan fingerprint density at radius 2 is 1.86 bits per heavy atom. The molecule has 0 saturated heterocycles. The molecule has 0 bridgehead atoms. The summed E-state index contributed by atoms with van der Waals surface area (Å²) in [4.78, 5) is 0. The average molecular weight is 196 g/mol. The Morgan fingerprint density at radius 1 is 1.29 bits per heavy atom. The van der Waals surface area contributed by atoms with Crippen molar-refractivity contribution in [2.75, 3.05) is 27.7 Å². The van der Waals surface area contributed by atoms with Gasteiger partial charge < -0.3 is 4.48 Å². The third-order valence-corrected chi connectivity index (χ3v) is 3.36. The molecule has 1 aliphatic carbocycles. The molecule has 0 aromatic rings. The first-order valence-electron chi connectivity index (χ1n) is 5.77. The van der Waals surface area contributed by atoms with Crippen LogP contribution >= 0.6 is 0 Å². The zero-order valence-electron chi connectivity index (χ0n) is 10.7. The van der Waals surface area contributed by atoms with Crippen LogP contribution < -0.4 is 0 Å². The molecule has 1 heteroatoms. The van der Waals surface area contributed by atoms with Gasteiger partial charge in [-0.3, -0.25) is 0 Å². The van der Waals surface area contributed by atoms with E-state index in [2.05, 4.69) is 48.0 Å². The van der Waals surface area contributed by atoms with Crippen LogP contribution in [0.2, 0.25) is 0 Å². The van der Waals surface area contributed by atoms with Gasteiger partial charge in [0, 0.05) is 5.92 Å². The molecule has 0 unspecified atom stereocenters. The first-order valence-corrected chi connectivity index (χ1v) is 5.77. The summed E-state index contributed by atoms with van der Waals surface area (Å²) in [6.45, 7) is 8.36. The summed E-state index contributed by atoms with van der Waals surface area (Å²) in [5.41, 5.74) is 1.59. The molecule has 0 radical (unpaired) electrons. The Morgan fingerprint density at radius 3 is 2.29 bits per heavy atom. The fourth-order valence-electron chi connectivity index (χ4n) is 2.80. The minimum absolute atomic E-state index is 0.760. The van der Waals surface area contributed by atoms with Crippen LogP contribution in [-0.4, -0.2) is 32.2 Å². The second-order valence-corrected chi connectivity index (χ2v) is 6.19. The Bertz CT molecular complexity index is 222. The average Bonchev–Trinajstić information content (AvgIpc) is 1.95. The maximum Gasteiger partial charge on any atom is 0.0817 e. The van der Waals surface area contributed by atoms with Gasteiger partial charge in [0.1, 0.15) is 0 Å². The molecule has 0 aromatic heterocycles. The lowest BCUT2D eigenvalue weighted by atomic mass is 9.74. The first-order chi connectivity index (χ1) is 6.29. The predicted molar refractivity (Wildman–Crippen MR) is 63.1 cm³/mol. The lowest BCUT2D eigenvalue weighted by molar-refractivity contribution is -0.874. The minimum Gasteiger partial charge on any atom is -0.331 e. The summed E-state index contributed by atoms with van der Waals surface area (Å²) < 4.78 is 1.09. The van der Waals surface area contributed by atoms with E-state index >= 15 is 0 Å². The van der Waals surface area contributed by atoms with Gasteiger partial charge in [-0.05, 0) is 25.2 Å². The van der Waals surface area contributed by atoms with Gasteiger partial charge >= 0.3 is 0 Å². The highest BCUT2D eigenvalue weighted by Crippen LogP contribution is 2.34. The van der Waals surface area contributed by atoms with Crippen molar-refractivity contribution in [2.24, 2.45) is 17.8 Å². The minimum atomic E-state index is 0.760. The molecule has 3 atom stereocenters. The van der Waals surface area contributed by atoms with E-state index in [9.17, 15) is 0 Å². The fourth-order valence-corrected chi connectivity index (χ4v) is 2.80. The highest BCUT2D eigenvalue weighted by atomic mass is 15.3. The number of allylic oxidation sites excluding steroid dienone is 2. The molecule has 0 aromatic carbocycles. The Balaban J connectivity index is 2.69. The van der Waals surface area contributed by atoms with E-state index in [-0.39, 0.29) is 0 Å². The molecule has 0 fully saturated rings. The first kappa shape index (κ1) is 11.8. The van der Waals surface area contributed by atoms with Crippen molar-refractivity contribution in [3.63, 3.8) is 0 Å². The topological polar surface area (TPSA) is 0 Å². The van der Waals surface area contributed by atoms with Crippen molar-refractivity contribution >= 4 is 0 Å². The molecular formula is C13H26N+. The number of rotatable bonds is 2. The van der Waals surface area contributed by atoms with Gasteiger partial charge in [0.25, 0.3) is 0 Å². The van der Waals surface area contributed by atoms with Gasteiger partial charge in [-0.25, -0.2) is 0 Å². The molecule has 0 saturated carbocycles. The highest BCUT2D eigenvalue weighted by Gasteiger charge is 2.30. The molecular weight excluding hydrogens is 170 g/mol.